The molecule has 3 aromatic rings. The van der Waals surface area contributed by atoms with E-state index in [1.807, 2.05) is 43.3 Å². The molecule has 3 rings (SSSR count). The predicted molar refractivity (Wildman–Crippen MR) is 98.0 cm³/mol. The third kappa shape index (κ3) is 3.02. The van der Waals surface area contributed by atoms with Gasteiger partial charge in [0.1, 0.15) is 11.3 Å². The van der Waals surface area contributed by atoms with Gasteiger partial charge in [-0.25, -0.2) is 4.98 Å². The highest BCUT2D eigenvalue weighted by molar-refractivity contribution is 6.30. The Bertz CT molecular complexity index is 858. The van der Waals surface area contributed by atoms with E-state index in [9.17, 15) is 4.79 Å². The topological polar surface area (TPSA) is 37.6 Å². The van der Waals surface area contributed by atoms with Gasteiger partial charge in [-0.2, -0.15) is 0 Å². The van der Waals surface area contributed by atoms with Gasteiger partial charge in [0.05, 0.1) is 10.7 Å². The van der Waals surface area contributed by atoms with Gasteiger partial charge in [0, 0.05) is 18.4 Å². The van der Waals surface area contributed by atoms with Crippen molar-refractivity contribution in [2.24, 2.45) is 0 Å². The molecule has 2 heterocycles. The Morgan fingerprint density at radius 3 is 2.58 bits per heavy atom. The fourth-order valence-electron chi connectivity index (χ4n) is 2.88. The average molecular weight is 342 g/mol. The molecule has 0 radical (unpaired) electrons. The molecule has 1 amide bonds. The first-order valence-corrected chi connectivity index (χ1v) is 8.56. The molecule has 0 spiro atoms. The zero-order chi connectivity index (χ0) is 17.1. The Kier molecular flexibility index (Phi) is 4.86. The summed E-state index contributed by atoms with van der Waals surface area (Å²) in [5, 5.41) is 0.583. The second kappa shape index (κ2) is 7.05. The van der Waals surface area contributed by atoms with Gasteiger partial charge in [-0.15, -0.1) is 0 Å². The van der Waals surface area contributed by atoms with E-state index in [-0.39, 0.29) is 5.91 Å². The lowest BCUT2D eigenvalue weighted by molar-refractivity contribution is 0.0981. The second-order valence-corrected chi connectivity index (χ2v) is 6.05. The van der Waals surface area contributed by atoms with E-state index in [0.717, 1.165) is 29.9 Å². The summed E-state index contributed by atoms with van der Waals surface area (Å²) in [6, 6.07) is 13.3. The molecule has 0 bridgehead atoms. The molecule has 0 aliphatic rings. The molecule has 1 aromatic carbocycles. The lowest BCUT2D eigenvalue weighted by atomic mass is 10.2. The van der Waals surface area contributed by atoms with Crippen molar-refractivity contribution in [1.82, 2.24) is 9.38 Å². The highest BCUT2D eigenvalue weighted by Crippen LogP contribution is 2.22. The van der Waals surface area contributed by atoms with Crippen LogP contribution in [0, 0.1) is 0 Å². The van der Waals surface area contributed by atoms with E-state index >= 15 is 0 Å². The van der Waals surface area contributed by atoms with Crippen LogP contribution >= 0.6 is 11.6 Å². The molecule has 0 saturated heterocycles. The van der Waals surface area contributed by atoms with Crippen LogP contribution in [0.15, 0.2) is 48.7 Å². The third-order valence-electron chi connectivity index (χ3n) is 3.97. The van der Waals surface area contributed by atoms with Gasteiger partial charge < -0.3 is 4.90 Å². The number of hydrogen-bond donors (Lipinski definition) is 0. The molecule has 0 atom stereocenters. The van der Waals surface area contributed by atoms with Crippen molar-refractivity contribution < 1.29 is 4.79 Å². The maximum Gasteiger partial charge on any atom is 0.277 e. The van der Waals surface area contributed by atoms with E-state index in [0.29, 0.717) is 17.3 Å². The number of halogens is 1. The minimum absolute atomic E-state index is 0.0538. The third-order valence-corrected chi connectivity index (χ3v) is 4.20. The van der Waals surface area contributed by atoms with Crippen LogP contribution in [0.3, 0.4) is 0 Å². The quantitative estimate of drug-likeness (QED) is 0.679. The molecule has 0 aliphatic carbocycles. The van der Waals surface area contributed by atoms with Crippen molar-refractivity contribution in [3.63, 3.8) is 0 Å². The number of nitrogens with zero attached hydrogens (tertiary/aromatic N) is 3. The predicted octanol–water partition coefficient (Wildman–Crippen LogP) is 4.61. The van der Waals surface area contributed by atoms with E-state index in [2.05, 4.69) is 11.9 Å². The zero-order valence-electron chi connectivity index (χ0n) is 13.9. The molecule has 24 heavy (non-hydrogen) atoms. The fourth-order valence-corrected chi connectivity index (χ4v) is 3.04. The maximum atomic E-state index is 13.3. The van der Waals surface area contributed by atoms with Gasteiger partial charge >= 0.3 is 0 Å². The van der Waals surface area contributed by atoms with Gasteiger partial charge in [0.2, 0.25) is 0 Å². The van der Waals surface area contributed by atoms with E-state index in [4.69, 9.17) is 11.6 Å². The summed E-state index contributed by atoms with van der Waals surface area (Å²) < 4.78 is 1.81. The average Bonchev–Trinajstić information content (AvgIpc) is 2.94. The minimum atomic E-state index is -0.0538. The summed E-state index contributed by atoms with van der Waals surface area (Å²) in [7, 11) is 0. The van der Waals surface area contributed by atoms with E-state index < -0.39 is 0 Å². The van der Waals surface area contributed by atoms with Crippen molar-refractivity contribution >= 4 is 28.8 Å². The summed E-state index contributed by atoms with van der Waals surface area (Å²) in [6.45, 7) is 4.64. The molecule has 0 fully saturated rings. The molecule has 0 saturated carbocycles. The monoisotopic (exact) mass is 341 g/mol. The number of para-hydroxylation sites is 1. The molecule has 2 aromatic heterocycles. The SMILES string of the molecule is CCCc1nc2ccc(Cl)cn2c1C(=O)N(CC)c1ccccc1. The van der Waals surface area contributed by atoms with Crippen LogP contribution in [0.2, 0.25) is 5.02 Å². The lowest BCUT2D eigenvalue weighted by Gasteiger charge is -2.21. The number of aromatic nitrogens is 2. The molecule has 0 aliphatic heterocycles. The van der Waals surface area contributed by atoms with Crippen LogP contribution in [-0.2, 0) is 6.42 Å². The Balaban J connectivity index is 2.14. The number of imidazole rings is 1. The molecule has 5 heteroatoms. The molecular weight excluding hydrogens is 322 g/mol. The van der Waals surface area contributed by atoms with Crippen molar-refractivity contribution in [2.45, 2.75) is 26.7 Å². The van der Waals surface area contributed by atoms with Gasteiger partial charge in [-0.05, 0) is 37.6 Å². The number of rotatable bonds is 5. The summed E-state index contributed by atoms with van der Waals surface area (Å²) >= 11 is 6.14. The Hall–Kier alpha value is -2.33. The van der Waals surface area contributed by atoms with Crippen LogP contribution in [0.25, 0.3) is 5.65 Å². The summed E-state index contributed by atoms with van der Waals surface area (Å²) in [5.74, 6) is -0.0538. The lowest BCUT2D eigenvalue weighted by Crippen LogP contribution is -2.32. The first-order chi connectivity index (χ1) is 11.7. The highest BCUT2D eigenvalue weighted by Gasteiger charge is 2.24. The number of carbonyl (C=O) groups excluding carboxylic acids is 1. The van der Waals surface area contributed by atoms with Crippen LogP contribution in [0.1, 0.15) is 36.5 Å². The number of anilines is 1. The summed E-state index contributed by atoms with van der Waals surface area (Å²) in [5.41, 5.74) is 3.04. The van der Waals surface area contributed by atoms with Crippen molar-refractivity contribution in [1.29, 1.82) is 0 Å². The molecular formula is C19H20ClN3O. The van der Waals surface area contributed by atoms with E-state index in [1.165, 1.54) is 0 Å². The number of hydrogen-bond acceptors (Lipinski definition) is 2. The minimum Gasteiger partial charge on any atom is -0.307 e. The second-order valence-electron chi connectivity index (χ2n) is 5.62. The highest BCUT2D eigenvalue weighted by atomic mass is 35.5. The first-order valence-electron chi connectivity index (χ1n) is 8.19. The van der Waals surface area contributed by atoms with E-state index in [1.54, 1.807) is 21.6 Å². The fraction of sp³-hybridized carbons (Fsp3) is 0.263. The van der Waals surface area contributed by atoms with Crippen LogP contribution in [0.5, 0.6) is 0 Å². The van der Waals surface area contributed by atoms with Crippen molar-refractivity contribution in [2.75, 3.05) is 11.4 Å². The molecule has 124 valence electrons. The Labute approximate surface area is 146 Å². The first kappa shape index (κ1) is 16.5. The Morgan fingerprint density at radius 1 is 1.17 bits per heavy atom. The summed E-state index contributed by atoms with van der Waals surface area (Å²) in [4.78, 5) is 19.7. The Morgan fingerprint density at radius 2 is 1.92 bits per heavy atom. The van der Waals surface area contributed by atoms with Gasteiger partial charge in [0.25, 0.3) is 5.91 Å². The number of amides is 1. The van der Waals surface area contributed by atoms with Crippen molar-refractivity contribution in [3.05, 3.63) is 65.1 Å². The maximum absolute atomic E-state index is 13.3. The van der Waals surface area contributed by atoms with Crippen LogP contribution < -0.4 is 4.90 Å². The number of pyridine rings is 1. The standard InChI is InChI=1S/C19H20ClN3O/c1-3-8-16-18(23-13-14(20)11-12-17(23)21-16)19(24)22(4-2)15-9-6-5-7-10-15/h5-7,9-13H,3-4,8H2,1-2H3. The molecule has 0 N–H and O–H groups in total. The normalized spacial score (nSPS) is 11.0. The van der Waals surface area contributed by atoms with Crippen molar-refractivity contribution in [3.8, 4) is 0 Å². The molecule has 0 unspecified atom stereocenters. The zero-order valence-corrected chi connectivity index (χ0v) is 14.6. The number of fused-ring (bicyclic) bond motifs is 1. The van der Waals surface area contributed by atoms with Gasteiger partial charge in [-0.3, -0.25) is 9.20 Å². The largest absolute Gasteiger partial charge is 0.307 e. The number of benzene rings is 1. The smallest absolute Gasteiger partial charge is 0.277 e. The number of aryl methyl sites for hydroxylation is 1. The summed E-state index contributed by atoms with van der Waals surface area (Å²) in [6.07, 6.45) is 3.44. The number of carbonyl (C=O) groups is 1. The van der Waals surface area contributed by atoms with Gasteiger partial charge in [-0.1, -0.05) is 43.1 Å². The molecule has 4 nitrogen and oxygen atoms in total. The van der Waals surface area contributed by atoms with Gasteiger partial charge in [0.15, 0.2) is 0 Å². The van der Waals surface area contributed by atoms with Crippen LogP contribution in [0.4, 0.5) is 5.69 Å². The van der Waals surface area contributed by atoms with Crippen LogP contribution in [-0.4, -0.2) is 21.8 Å².